The summed E-state index contributed by atoms with van der Waals surface area (Å²) in [5.41, 5.74) is 0.690. The molecule has 2 aliphatic heterocycles. The molecule has 0 radical (unpaired) electrons. The fourth-order valence-corrected chi connectivity index (χ4v) is 3.05. The number of nitrogens with zero attached hydrogens (tertiary/aromatic N) is 2. The van der Waals surface area contributed by atoms with E-state index in [1.54, 1.807) is 0 Å². The van der Waals surface area contributed by atoms with Crippen LogP contribution in [0.3, 0.4) is 0 Å². The van der Waals surface area contributed by atoms with Gasteiger partial charge < -0.3 is 9.64 Å². The first-order chi connectivity index (χ1) is 9.29. The highest BCUT2D eigenvalue weighted by molar-refractivity contribution is 5.97. The van der Waals surface area contributed by atoms with Crippen LogP contribution in [0.4, 0.5) is 0 Å². The van der Waals surface area contributed by atoms with Gasteiger partial charge in [-0.1, -0.05) is 19.1 Å². The van der Waals surface area contributed by atoms with Gasteiger partial charge in [0.25, 0.3) is 5.91 Å². The normalized spacial score (nSPS) is 23.3. The van der Waals surface area contributed by atoms with Gasteiger partial charge in [-0.25, -0.2) is 0 Å². The first-order valence-electron chi connectivity index (χ1n) is 7.04. The number of likely N-dealkylation sites (N-methyl/N-ethyl adjacent to an activating group) is 1. The summed E-state index contributed by atoms with van der Waals surface area (Å²) in [7, 11) is 0. The van der Waals surface area contributed by atoms with Crippen LogP contribution in [0.25, 0.3) is 0 Å². The van der Waals surface area contributed by atoms with Crippen LogP contribution in [0.5, 0.6) is 5.75 Å². The lowest BCUT2D eigenvalue weighted by molar-refractivity contribution is 0.0446. The molecule has 1 aromatic rings. The first kappa shape index (κ1) is 12.5. The second kappa shape index (κ2) is 5.21. The first-order valence-corrected chi connectivity index (χ1v) is 7.04. The van der Waals surface area contributed by atoms with Gasteiger partial charge in [-0.3, -0.25) is 9.69 Å². The average Bonchev–Trinajstić information content (AvgIpc) is 2.89. The lowest BCUT2D eigenvalue weighted by Crippen LogP contribution is -2.46. The summed E-state index contributed by atoms with van der Waals surface area (Å²) < 4.78 is 5.67. The highest BCUT2D eigenvalue weighted by Gasteiger charge is 2.30. The number of ether oxygens (including phenoxy) is 1. The Bertz CT molecular complexity index is 475. The number of carbonyl (C=O) groups is 1. The van der Waals surface area contributed by atoms with Crippen LogP contribution in [0, 0.1) is 0 Å². The molecule has 1 saturated heterocycles. The predicted octanol–water partition coefficient (Wildman–Crippen LogP) is 1.96. The van der Waals surface area contributed by atoms with Gasteiger partial charge in [0.1, 0.15) is 5.75 Å². The SMILES string of the molecule is CCN1CCCC1CN1COc2ccccc2C1=O. The number of likely N-dealkylation sites (tertiary alicyclic amines) is 1. The summed E-state index contributed by atoms with van der Waals surface area (Å²) in [6, 6.07) is 7.98. The van der Waals surface area contributed by atoms with Crippen LogP contribution in [0.1, 0.15) is 30.1 Å². The summed E-state index contributed by atoms with van der Waals surface area (Å²) in [4.78, 5) is 16.7. The van der Waals surface area contributed by atoms with E-state index in [4.69, 9.17) is 4.74 Å². The molecule has 0 aromatic heterocycles. The van der Waals surface area contributed by atoms with Crippen LogP contribution < -0.4 is 4.74 Å². The molecule has 0 bridgehead atoms. The second-order valence-electron chi connectivity index (χ2n) is 5.22. The number of fused-ring (bicyclic) bond motifs is 1. The van der Waals surface area contributed by atoms with Crippen molar-refractivity contribution < 1.29 is 9.53 Å². The monoisotopic (exact) mass is 260 g/mol. The van der Waals surface area contributed by atoms with Crippen molar-refractivity contribution in [2.75, 3.05) is 26.4 Å². The number of hydrogen-bond donors (Lipinski definition) is 0. The third-order valence-electron chi connectivity index (χ3n) is 4.12. The van der Waals surface area contributed by atoms with Gasteiger partial charge in [-0.2, -0.15) is 0 Å². The molecule has 4 nitrogen and oxygen atoms in total. The number of rotatable bonds is 3. The molecule has 1 fully saturated rings. The molecule has 1 aromatic carbocycles. The van der Waals surface area contributed by atoms with Crippen molar-refractivity contribution in [3.05, 3.63) is 29.8 Å². The van der Waals surface area contributed by atoms with Gasteiger partial charge in [-0.05, 0) is 38.1 Å². The van der Waals surface area contributed by atoms with Gasteiger partial charge in [0.15, 0.2) is 6.73 Å². The minimum Gasteiger partial charge on any atom is -0.472 e. The zero-order valence-corrected chi connectivity index (χ0v) is 11.3. The molecule has 0 saturated carbocycles. The third-order valence-corrected chi connectivity index (χ3v) is 4.12. The maximum absolute atomic E-state index is 12.4. The highest BCUT2D eigenvalue weighted by atomic mass is 16.5. The Hall–Kier alpha value is -1.55. The summed E-state index contributed by atoms with van der Waals surface area (Å²) in [6.07, 6.45) is 2.41. The van der Waals surface area contributed by atoms with E-state index < -0.39 is 0 Å². The van der Waals surface area contributed by atoms with Gasteiger partial charge in [0, 0.05) is 12.6 Å². The molecule has 1 unspecified atom stereocenters. The fourth-order valence-electron chi connectivity index (χ4n) is 3.05. The number of hydrogen-bond acceptors (Lipinski definition) is 3. The highest BCUT2D eigenvalue weighted by Crippen LogP contribution is 2.26. The summed E-state index contributed by atoms with van der Waals surface area (Å²) in [6.45, 7) is 5.55. The maximum atomic E-state index is 12.4. The predicted molar refractivity (Wildman–Crippen MR) is 73.2 cm³/mol. The zero-order chi connectivity index (χ0) is 13.2. The van der Waals surface area contributed by atoms with Crippen molar-refractivity contribution in [3.8, 4) is 5.75 Å². The molecule has 2 aliphatic rings. The topological polar surface area (TPSA) is 32.8 Å². The van der Waals surface area contributed by atoms with Crippen LogP contribution in [-0.4, -0.2) is 48.1 Å². The number of benzene rings is 1. The average molecular weight is 260 g/mol. The number of amides is 1. The van der Waals surface area contributed by atoms with Crippen molar-refractivity contribution in [1.82, 2.24) is 9.80 Å². The van der Waals surface area contributed by atoms with Gasteiger partial charge in [0.05, 0.1) is 5.56 Å². The molecule has 0 N–H and O–H groups in total. The van der Waals surface area contributed by atoms with E-state index in [1.165, 1.54) is 12.8 Å². The Morgan fingerprint density at radius 3 is 3.05 bits per heavy atom. The van der Waals surface area contributed by atoms with E-state index in [1.807, 2.05) is 29.2 Å². The Morgan fingerprint density at radius 1 is 1.37 bits per heavy atom. The molecular formula is C15H20N2O2. The molecule has 1 amide bonds. The lowest BCUT2D eigenvalue weighted by Gasteiger charge is -2.33. The van der Waals surface area contributed by atoms with Crippen LogP contribution in [0.15, 0.2) is 24.3 Å². The largest absolute Gasteiger partial charge is 0.472 e. The van der Waals surface area contributed by atoms with Crippen molar-refractivity contribution in [1.29, 1.82) is 0 Å². The quantitative estimate of drug-likeness (QED) is 0.833. The van der Waals surface area contributed by atoms with Crippen molar-refractivity contribution >= 4 is 5.91 Å². The van der Waals surface area contributed by atoms with Crippen LogP contribution in [0.2, 0.25) is 0 Å². The number of carbonyl (C=O) groups excluding carboxylic acids is 1. The van der Waals surface area contributed by atoms with E-state index in [0.717, 1.165) is 19.6 Å². The number of para-hydroxylation sites is 1. The second-order valence-corrected chi connectivity index (χ2v) is 5.22. The van der Waals surface area contributed by atoms with Gasteiger partial charge >= 0.3 is 0 Å². The summed E-state index contributed by atoms with van der Waals surface area (Å²) >= 11 is 0. The molecule has 2 heterocycles. The Balaban J connectivity index is 1.72. The molecule has 1 atom stereocenters. The molecule has 0 aliphatic carbocycles. The van der Waals surface area contributed by atoms with Crippen molar-refractivity contribution in [3.63, 3.8) is 0 Å². The Labute approximate surface area is 113 Å². The fraction of sp³-hybridized carbons (Fsp3) is 0.533. The van der Waals surface area contributed by atoms with E-state index in [-0.39, 0.29) is 5.91 Å². The Kier molecular flexibility index (Phi) is 3.42. The van der Waals surface area contributed by atoms with E-state index in [9.17, 15) is 4.79 Å². The third kappa shape index (κ3) is 2.32. The summed E-state index contributed by atoms with van der Waals surface area (Å²) in [5.74, 6) is 0.812. The molecule has 3 rings (SSSR count). The molecule has 4 heteroatoms. The molecule has 19 heavy (non-hydrogen) atoms. The van der Waals surface area contributed by atoms with Gasteiger partial charge in [-0.15, -0.1) is 0 Å². The molecule has 0 spiro atoms. The molecule has 102 valence electrons. The van der Waals surface area contributed by atoms with E-state index >= 15 is 0 Å². The zero-order valence-electron chi connectivity index (χ0n) is 11.3. The molecular weight excluding hydrogens is 240 g/mol. The summed E-state index contributed by atoms with van der Waals surface area (Å²) in [5, 5.41) is 0. The van der Waals surface area contributed by atoms with E-state index in [0.29, 0.717) is 24.1 Å². The van der Waals surface area contributed by atoms with E-state index in [2.05, 4.69) is 11.8 Å². The Morgan fingerprint density at radius 2 is 2.21 bits per heavy atom. The van der Waals surface area contributed by atoms with Crippen molar-refractivity contribution in [2.24, 2.45) is 0 Å². The minimum absolute atomic E-state index is 0.102. The van der Waals surface area contributed by atoms with Crippen LogP contribution in [-0.2, 0) is 0 Å². The van der Waals surface area contributed by atoms with Crippen LogP contribution >= 0.6 is 0 Å². The van der Waals surface area contributed by atoms with Gasteiger partial charge in [0.2, 0.25) is 0 Å². The standard InChI is InChI=1S/C15H20N2O2/c1-2-16-9-5-6-12(16)10-17-11-19-14-8-4-3-7-13(14)15(17)18/h3-4,7-8,12H,2,5-6,9-11H2,1H3. The maximum Gasteiger partial charge on any atom is 0.260 e. The van der Waals surface area contributed by atoms with Crippen molar-refractivity contribution in [2.45, 2.75) is 25.8 Å². The lowest BCUT2D eigenvalue weighted by atomic mass is 10.1. The minimum atomic E-state index is 0.102. The smallest absolute Gasteiger partial charge is 0.260 e.